The summed E-state index contributed by atoms with van der Waals surface area (Å²) in [7, 11) is 0. The first kappa shape index (κ1) is 12.5. The van der Waals surface area contributed by atoms with Crippen LogP contribution < -0.4 is 10.6 Å². The van der Waals surface area contributed by atoms with Gasteiger partial charge in [0.2, 0.25) is 0 Å². The predicted molar refractivity (Wildman–Crippen MR) is 63.0 cm³/mol. The Morgan fingerprint density at radius 1 is 1.50 bits per heavy atom. The predicted octanol–water partition coefficient (Wildman–Crippen LogP) is 1.96. The molecule has 1 aliphatic heterocycles. The second kappa shape index (κ2) is 4.15. The minimum Gasteiger partial charge on any atom is -0.364 e. The third-order valence-corrected chi connectivity index (χ3v) is 2.36. The number of rotatable bonds is 3. The molecule has 1 heterocycles. The molecule has 0 radical (unpaired) electrons. The standard InChI is InChI=1S/C11H19N3O2/c1-7(2)12-10-9(14(15)16)11(4,5)6-8(3)13-10/h6-7,12-13H,1-5H3. The van der Waals surface area contributed by atoms with E-state index >= 15 is 0 Å². The maximum atomic E-state index is 11.1. The van der Waals surface area contributed by atoms with E-state index < -0.39 is 5.41 Å². The summed E-state index contributed by atoms with van der Waals surface area (Å²) in [6.45, 7) is 9.50. The molecule has 0 atom stereocenters. The van der Waals surface area contributed by atoms with E-state index in [1.807, 2.05) is 40.7 Å². The number of hydrogen-bond donors (Lipinski definition) is 2. The van der Waals surface area contributed by atoms with Crippen molar-refractivity contribution in [3.8, 4) is 0 Å². The Balaban J connectivity index is 3.18. The van der Waals surface area contributed by atoms with Crippen LogP contribution in [0.5, 0.6) is 0 Å². The molecule has 0 aromatic heterocycles. The Morgan fingerprint density at radius 2 is 2.06 bits per heavy atom. The molecular weight excluding hydrogens is 206 g/mol. The highest BCUT2D eigenvalue weighted by Crippen LogP contribution is 2.33. The molecule has 1 aliphatic rings. The summed E-state index contributed by atoms with van der Waals surface area (Å²) in [6.07, 6.45) is 1.87. The van der Waals surface area contributed by atoms with Gasteiger partial charge in [0.05, 0.1) is 10.3 Å². The van der Waals surface area contributed by atoms with Crippen LogP contribution in [-0.2, 0) is 0 Å². The molecule has 0 saturated heterocycles. The highest BCUT2D eigenvalue weighted by atomic mass is 16.6. The zero-order chi connectivity index (χ0) is 12.5. The topological polar surface area (TPSA) is 67.2 Å². The van der Waals surface area contributed by atoms with Crippen molar-refractivity contribution in [1.82, 2.24) is 10.6 Å². The molecule has 0 unspecified atom stereocenters. The molecule has 16 heavy (non-hydrogen) atoms. The zero-order valence-electron chi connectivity index (χ0n) is 10.4. The van der Waals surface area contributed by atoms with Gasteiger partial charge in [-0.3, -0.25) is 10.1 Å². The molecule has 90 valence electrons. The number of allylic oxidation sites excluding steroid dienone is 2. The van der Waals surface area contributed by atoms with Gasteiger partial charge in [0.15, 0.2) is 5.82 Å². The van der Waals surface area contributed by atoms with Gasteiger partial charge in [-0.05, 0) is 40.7 Å². The normalized spacial score (nSPS) is 19.2. The fraction of sp³-hybridized carbons (Fsp3) is 0.636. The van der Waals surface area contributed by atoms with E-state index in [-0.39, 0.29) is 16.7 Å². The second-order valence-corrected chi connectivity index (χ2v) is 4.95. The smallest absolute Gasteiger partial charge is 0.295 e. The van der Waals surface area contributed by atoms with Gasteiger partial charge in [-0.2, -0.15) is 0 Å². The van der Waals surface area contributed by atoms with Gasteiger partial charge < -0.3 is 10.6 Å². The van der Waals surface area contributed by atoms with Gasteiger partial charge in [-0.25, -0.2) is 0 Å². The molecule has 5 nitrogen and oxygen atoms in total. The third kappa shape index (κ3) is 2.53. The number of nitrogens with one attached hydrogen (secondary N) is 2. The van der Waals surface area contributed by atoms with Crippen molar-refractivity contribution >= 4 is 0 Å². The van der Waals surface area contributed by atoms with Crippen molar-refractivity contribution in [1.29, 1.82) is 0 Å². The molecule has 0 aromatic rings. The Morgan fingerprint density at radius 3 is 2.50 bits per heavy atom. The molecule has 0 amide bonds. The molecule has 0 spiro atoms. The monoisotopic (exact) mass is 225 g/mol. The van der Waals surface area contributed by atoms with Gasteiger partial charge in [-0.15, -0.1) is 0 Å². The molecule has 0 aromatic carbocycles. The highest BCUT2D eigenvalue weighted by molar-refractivity contribution is 5.28. The molecule has 0 aliphatic carbocycles. The Hall–Kier alpha value is -1.52. The number of hydrogen-bond acceptors (Lipinski definition) is 4. The Bertz CT molecular complexity index is 367. The van der Waals surface area contributed by atoms with Crippen LogP contribution in [-0.4, -0.2) is 11.0 Å². The van der Waals surface area contributed by atoms with Crippen LogP contribution >= 0.6 is 0 Å². The SMILES string of the molecule is CC1=CC(C)(C)C([N+](=O)[O-])=C(NC(C)C)N1. The van der Waals surface area contributed by atoms with E-state index in [0.29, 0.717) is 5.82 Å². The highest BCUT2D eigenvalue weighted by Gasteiger charge is 2.38. The van der Waals surface area contributed by atoms with Crippen molar-refractivity contribution in [2.24, 2.45) is 5.41 Å². The van der Waals surface area contributed by atoms with Crippen molar-refractivity contribution in [3.05, 3.63) is 33.4 Å². The minimum atomic E-state index is -0.559. The first-order valence-corrected chi connectivity index (χ1v) is 5.36. The lowest BCUT2D eigenvalue weighted by molar-refractivity contribution is -0.439. The van der Waals surface area contributed by atoms with Crippen LogP contribution in [0.15, 0.2) is 23.3 Å². The fourth-order valence-corrected chi connectivity index (χ4v) is 1.94. The molecule has 5 heteroatoms. The van der Waals surface area contributed by atoms with Gasteiger partial charge in [-0.1, -0.05) is 0 Å². The van der Waals surface area contributed by atoms with Crippen LogP contribution in [0.25, 0.3) is 0 Å². The van der Waals surface area contributed by atoms with Crippen LogP contribution in [0.2, 0.25) is 0 Å². The summed E-state index contributed by atoms with van der Waals surface area (Å²) in [5.41, 5.74) is 0.557. The van der Waals surface area contributed by atoms with Gasteiger partial charge in [0.1, 0.15) is 0 Å². The maximum absolute atomic E-state index is 11.1. The van der Waals surface area contributed by atoms with Gasteiger partial charge in [0.25, 0.3) is 5.70 Å². The van der Waals surface area contributed by atoms with E-state index in [1.165, 1.54) is 0 Å². The first-order valence-electron chi connectivity index (χ1n) is 5.36. The Kier molecular flexibility index (Phi) is 3.26. The van der Waals surface area contributed by atoms with Crippen LogP contribution in [0.3, 0.4) is 0 Å². The fourth-order valence-electron chi connectivity index (χ4n) is 1.94. The van der Waals surface area contributed by atoms with E-state index in [2.05, 4.69) is 10.6 Å². The number of nitro groups is 1. The molecule has 0 saturated carbocycles. The average Bonchev–Trinajstić information content (AvgIpc) is 1.96. The summed E-state index contributed by atoms with van der Waals surface area (Å²) in [4.78, 5) is 10.8. The summed E-state index contributed by atoms with van der Waals surface area (Å²) in [5, 5.41) is 17.2. The maximum Gasteiger partial charge on any atom is 0.295 e. The quantitative estimate of drug-likeness (QED) is 0.569. The molecule has 0 bridgehead atoms. The zero-order valence-corrected chi connectivity index (χ0v) is 10.4. The second-order valence-electron chi connectivity index (χ2n) is 4.95. The number of nitrogens with zero attached hydrogens (tertiary/aromatic N) is 1. The summed E-state index contributed by atoms with van der Waals surface area (Å²) >= 11 is 0. The van der Waals surface area contributed by atoms with Crippen LogP contribution in [0.4, 0.5) is 0 Å². The third-order valence-electron chi connectivity index (χ3n) is 2.36. The minimum absolute atomic E-state index is 0.152. The number of dihydropyridines is 1. The van der Waals surface area contributed by atoms with E-state index in [4.69, 9.17) is 0 Å². The van der Waals surface area contributed by atoms with E-state index in [1.54, 1.807) is 0 Å². The largest absolute Gasteiger partial charge is 0.364 e. The van der Waals surface area contributed by atoms with Crippen molar-refractivity contribution in [2.45, 2.75) is 40.7 Å². The van der Waals surface area contributed by atoms with E-state index in [9.17, 15) is 10.1 Å². The molecule has 0 fully saturated rings. The molecule has 2 N–H and O–H groups in total. The van der Waals surface area contributed by atoms with Crippen LogP contribution in [0, 0.1) is 15.5 Å². The van der Waals surface area contributed by atoms with Crippen molar-refractivity contribution < 1.29 is 4.92 Å². The van der Waals surface area contributed by atoms with Crippen molar-refractivity contribution in [2.75, 3.05) is 0 Å². The average molecular weight is 225 g/mol. The lowest BCUT2D eigenvalue weighted by atomic mass is 9.86. The summed E-state index contributed by atoms with van der Waals surface area (Å²) in [5.74, 6) is 0.505. The Labute approximate surface area is 95.8 Å². The van der Waals surface area contributed by atoms with Crippen LogP contribution in [0.1, 0.15) is 34.6 Å². The first-order chi connectivity index (χ1) is 7.24. The van der Waals surface area contributed by atoms with Crippen molar-refractivity contribution in [3.63, 3.8) is 0 Å². The summed E-state index contributed by atoms with van der Waals surface area (Å²) in [6, 6.07) is 0.152. The van der Waals surface area contributed by atoms with E-state index in [0.717, 1.165) is 5.70 Å². The van der Waals surface area contributed by atoms with Gasteiger partial charge in [0, 0.05) is 11.7 Å². The molecular formula is C11H19N3O2. The van der Waals surface area contributed by atoms with Gasteiger partial charge >= 0.3 is 0 Å². The molecule has 1 rings (SSSR count). The lowest BCUT2D eigenvalue weighted by Crippen LogP contribution is -2.39. The lowest BCUT2D eigenvalue weighted by Gasteiger charge is -2.28. The summed E-state index contributed by atoms with van der Waals surface area (Å²) < 4.78 is 0.